The summed E-state index contributed by atoms with van der Waals surface area (Å²) in [5.41, 5.74) is 0. The predicted octanol–water partition coefficient (Wildman–Crippen LogP) is 3.01. The predicted molar refractivity (Wildman–Crippen MR) is 65.2 cm³/mol. The van der Waals surface area contributed by atoms with E-state index in [1.807, 2.05) is 23.3 Å². The number of thioether (sulfide) groups is 1. The maximum atomic E-state index is 4.23. The maximum absolute atomic E-state index is 4.23. The fraction of sp³-hybridized carbons (Fsp3) is 0.700. The lowest BCUT2D eigenvalue weighted by atomic mass is 10.2. The van der Waals surface area contributed by atoms with E-state index in [1.165, 1.54) is 17.2 Å². The molecule has 0 aromatic carbocycles. The molecule has 0 spiro atoms. The smallest absolute Gasteiger partial charge is 0.149 e. The highest BCUT2D eigenvalue weighted by Gasteiger charge is 2.01. The van der Waals surface area contributed by atoms with Crippen LogP contribution in [-0.2, 0) is 0 Å². The standard InChI is InChI=1S/C10H18N2S2/c1-3-9(4-2)11-5-7-13-10-12-6-8-14-10/h6,8-9,11H,3-5,7H2,1-2H3. The summed E-state index contributed by atoms with van der Waals surface area (Å²) in [6.45, 7) is 5.54. The molecule has 1 rings (SSSR count). The first-order valence-electron chi connectivity index (χ1n) is 5.12. The van der Waals surface area contributed by atoms with Crippen molar-refractivity contribution in [2.24, 2.45) is 0 Å². The summed E-state index contributed by atoms with van der Waals surface area (Å²) in [5, 5.41) is 5.56. The Morgan fingerprint density at radius 2 is 2.29 bits per heavy atom. The second-order valence-electron chi connectivity index (χ2n) is 3.11. The van der Waals surface area contributed by atoms with E-state index in [-0.39, 0.29) is 0 Å². The molecule has 0 fully saturated rings. The van der Waals surface area contributed by atoms with Crippen molar-refractivity contribution < 1.29 is 0 Å². The monoisotopic (exact) mass is 230 g/mol. The first-order valence-corrected chi connectivity index (χ1v) is 6.99. The largest absolute Gasteiger partial charge is 0.313 e. The minimum absolute atomic E-state index is 0.687. The van der Waals surface area contributed by atoms with Crippen LogP contribution in [0.25, 0.3) is 0 Å². The van der Waals surface area contributed by atoms with Crippen molar-refractivity contribution in [1.29, 1.82) is 0 Å². The molecule has 0 radical (unpaired) electrons. The molecule has 1 aromatic rings. The van der Waals surface area contributed by atoms with E-state index < -0.39 is 0 Å². The summed E-state index contributed by atoms with van der Waals surface area (Å²) in [6, 6.07) is 0.687. The Kier molecular flexibility index (Phi) is 6.23. The third-order valence-electron chi connectivity index (χ3n) is 2.16. The molecule has 0 saturated heterocycles. The Bertz CT molecular complexity index is 220. The summed E-state index contributed by atoms with van der Waals surface area (Å²) < 4.78 is 1.18. The van der Waals surface area contributed by atoms with Gasteiger partial charge in [0.05, 0.1) is 0 Å². The Hall–Kier alpha value is -0.0600. The molecule has 0 saturated carbocycles. The number of rotatable bonds is 7. The van der Waals surface area contributed by atoms with Crippen LogP contribution < -0.4 is 5.32 Å². The van der Waals surface area contributed by atoms with Crippen molar-refractivity contribution in [1.82, 2.24) is 10.3 Å². The van der Waals surface area contributed by atoms with Gasteiger partial charge in [-0.2, -0.15) is 0 Å². The molecule has 0 unspecified atom stereocenters. The van der Waals surface area contributed by atoms with Crippen LogP contribution in [0.2, 0.25) is 0 Å². The molecular weight excluding hydrogens is 212 g/mol. The summed E-state index contributed by atoms with van der Waals surface area (Å²) in [4.78, 5) is 4.23. The first-order chi connectivity index (χ1) is 6.86. The van der Waals surface area contributed by atoms with Gasteiger partial charge in [0.25, 0.3) is 0 Å². The van der Waals surface area contributed by atoms with Crippen LogP contribution in [-0.4, -0.2) is 23.3 Å². The van der Waals surface area contributed by atoms with E-state index in [0.29, 0.717) is 6.04 Å². The Morgan fingerprint density at radius 1 is 1.50 bits per heavy atom. The number of nitrogens with one attached hydrogen (secondary N) is 1. The molecule has 1 N–H and O–H groups in total. The summed E-state index contributed by atoms with van der Waals surface area (Å²) >= 11 is 3.55. The summed E-state index contributed by atoms with van der Waals surface area (Å²) in [7, 11) is 0. The van der Waals surface area contributed by atoms with Crippen molar-refractivity contribution >= 4 is 23.1 Å². The van der Waals surface area contributed by atoms with E-state index in [2.05, 4.69) is 24.1 Å². The van der Waals surface area contributed by atoms with Crippen LogP contribution in [0.5, 0.6) is 0 Å². The zero-order chi connectivity index (χ0) is 10.2. The van der Waals surface area contributed by atoms with E-state index in [4.69, 9.17) is 0 Å². The molecule has 0 amide bonds. The molecule has 14 heavy (non-hydrogen) atoms. The third kappa shape index (κ3) is 4.44. The second-order valence-corrected chi connectivity index (χ2v) is 5.35. The molecular formula is C10H18N2S2. The van der Waals surface area contributed by atoms with E-state index in [0.717, 1.165) is 12.3 Å². The van der Waals surface area contributed by atoms with Gasteiger partial charge in [-0.25, -0.2) is 4.98 Å². The van der Waals surface area contributed by atoms with E-state index in [1.54, 1.807) is 11.3 Å². The molecule has 0 aliphatic carbocycles. The topological polar surface area (TPSA) is 24.9 Å². The highest BCUT2D eigenvalue weighted by Crippen LogP contribution is 2.19. The minimum atomic E-state index is 0.687. The Labute approximate surface area is 94.5 Å². The molecule has 80 valence electrons. The lowest BCUT2D eigenvalue weighted by Gasteiger charge is -2.13. The third-order valence-corrected chi connectivity index (χ3v) is 4.12. The molecule has 0 atom stereocenters. The minimum Gasteiger partial charge on any atom is -0.313 e. The number of hydrogen-bond donors (Lipinski definition) is 1. The van der Waals surface area contributed by atoms with Gasteiger partial charge in [-0.1, -0.05) is 25.6 Å². The van der Waals surface area contributed by atoms with Gasteiger partial charge in [0, 0.05) is 29.9 Å². The van der Waals surface area contributed by atoms with E-state index in [9.17, 15) is 0 Å². The van der Waals surface area contributed by atoms with Crippen molar-refractivity contribution in [3.63, 3.8) is 0 Å². The quantitative estimate of drug-likeness (QED) is 0.576. The van der Waals surface area contributed by atoms with Gasteiger partial charge in [-0.05, 0) is 12.8 Å². The molecule has 2 nitrogen and oxygen atoms in total. The Morgan fingerprint density at radius 3 is 2.86 bits per heavy atom. The fourth-order valence-corrected chi connectivity index (χ4v) is 2.84. The lowest BCUT2D eigenvalue weighted by molar-refractivity contribution is 0.501. The normalized spacial score (nSPS) is 11.1. The van der Waals surface area contributed by atoms with Crippen LogP contribution in [0.15, 0.2) is 15.9 Å². The van der Waals surface area contributed by atoms with Crippen molar-refractivity contribution in [2.75, 3.05) is 12.3 Å². The SMILES string of the molecule is CCC(CC)NCCSc1nccs1. The van der Waals surface area contributed by atoms with Crippen LogP contribution in [0.1, 0.15) is 26.7 Å². The molecule has 0 aliphatic heterocycles. The number of nitrogens with zero attached hydrogens (tertiary/aromatic N) is 1. The number of aromatic nitrogens is 1. The van der Waals surface area contributed by atoms with E-state index >= 15 is 0 Å². The number of hydrogen-bond acceptors (Lipinski definition) is 4. The van der Waals surface area contributed by atoms with Crippen LogP contribution in [0.4, 0.5) is 0 Å². The highest BCUT2D eigenvalue weighted by molar-refractivity contribution is 8.01. The molecule has 1 heterocycles. The highest BCUT2D eigenvalue weighted by atomic mass is 32.2. The van der Waals surface area contributed by atoms with Crippen LogP contribution in [0.3, 0.4) is 0 Å². The average molecular weight is 230 g/mol. The zero-order valence-corrected chi connectivity index (χ0v) is 10.5. The number of thiazole rings is 1. The van der Waals surface area contributed by atoms with Gasteiger partial charge in [0.2, 0.25) is 0 Å². The Balaban J connectivity index is 2.04. The van der Waals surface area contributed by atoms with Gasteiger partial charge in [0.1, 0.15) is 4.34 Å². The van der Waals surface area contributed by atoms with Crippen molar-refractivity contribution in [2.45, 2.75) is 37.1 Å². The first kappa shape index (κ1) is 12.0. The van der Waals surface area contributed by atoms with Crippen LogP contribution in [0, 0.1) is 0 Å². The average Bonchev–Trinajstić information content (AvgIpc) is 2.71. The van der Waals surface area contributed by atoms with Gasteiger partial charge in [0.15, 0.2) is 0 Å². The lowest BCUT2D eigenvalue weighted by Crippen LogP contribution is -2.29. The van der Waals surface area contributed by atoms with Gasteiger partial charge in [-0.15, -0.1) is 11.3 Å². The second kappa shape index (κ2) is 7.26. The maximum Gasteiger partial charge on any atom is 0.149 e. The summed E-state index contributed by atoms with van der Waals surface area (Å²) in [5.74, 6) is 1.12. The molecule has 0 bridgehead atoms. The molecule has 4 heteroatoms. The summed E-state index contributed by atoms with van der Waals surface area (Å²) in [6.07, 6.45) is 4.30. The van der Waals surface area contributed by atoms with Crippen LogP contribution >= 0.6 is 23.1 Å². The zero-order valence-electron chi connectivity index (χ0n) is 8.82. The van der Waals surface area contributed by atoms with Crippen molar-refractivity contribution in [3.8, 4) is 0 Å². The van der Waals surface area contributed by atoms with Gasteiger partial charge >= 0.3 is 0 Å². The fourth-order valence-electron chi connectivity index (χ4n) is 1.26. The van der Waals surface area contributed by atoms with Gasteiger partial charge < -0.3 is 5.32 Å². The molecule has 1 aromatic heterocycles. The van der Waals surface area contributed by atoms with Crippen molar-refractivity contribution in [3.05, 3.63) is 11.6 Å². The van der Waals surface area contributed by atoms with Gasteiger partial charge in [-0.3, -0.25) is 0 Å². The molecule has 0 aliphatic rings.